The van der Waals surface area contributed by atoms with Crippen molar-refractivity contribution in [3.05, 3.63) is 23.8 Å². The van der Waals surface area contributed by atoms with Gasteiger partial charge in [0, 0.05) is 25.2 Å². The molecule has 1 amide bonds. The molecule has 0 aromatic heterocycles. The molecular weight excluding hydrogens is 256 g/mol. The summed E-state index contributed by atoms with van der Waals surface area (Å²) in [7, 11) is 1.58. The van der Waals surface area contributed by atoms with Gasteiger partial charge in [0.15, 0.2) is 0 Å². The highest BCUT2D eigenvalue weighted by atomic mass is 16.5. The molecule has 0 bridgehead atoms. The zero-order chi connectivity index (χ0) is 15.1. The Kier molecular flexibility index (Phi) is 6.31. The number of nitrogens with zero attached hydrogens (tertiary/aromatic N) is 1. The van der Waals surface area contributed by atoms with Gasteiger partial charge in [0.1, 0.15) is 11.5 Å². The predicted molar refractivity (Wildman–Crippen MR) is 78.9 cm³/mol. The first-order chi connectivity index (χ1) is 9.53. The van der Waals surface area contributed by atoms with Crippen LogP contribution in [0.25, 0.3) is 0 Å². The number of aromatic hydroxyl groups is 1. The molecule has 1 unspecified atom stereocenters. The molecule has 0 saturated carbocycles. The van der Waals surface area contributed by atoms with E-state index < -0.39 is 0 Å². The highest BCUT2D eigenvalue weighted by Crippen LogP contribution is 2.22. The Bertz CT molecular complexity index is 445. The smallest absolute Gasteiger partial charge is 0.239 e. The van der Waals surface area contributed by atoms with Crippen molar-refractivity contribution in [2.24, 2.45) is 0 Å². The van der Waals surface area contributed by atoms with E-state index in [1.807, 2.05) is 20.8 Å². The largest absolute Gasteiger partial charge is 0.508 e. The first-order valence-electron chi connectivity index (χ1n) is 6.91. The molecule has 5 nitrogen and oxygen atoms in total. The Hall–Kier alpha value is -1.75. The average Bonchev–Trinajstić information content (AvgIpc) is 2.47. The number of amides is 1. The molecule has 1 aromatic carbocycles. The number of methoxy groups -OCH3 is 1. The van der Waals surface area contributed by atoms with E-state index in [4.69, 9.17) is 4.74 Å². The van der Waals surface area contributed by atoms with E-state index in [2.05, 4.69) is 5.32 Å². The summed E-state index contributed by atoms with van der Waals surface area (Å²) >= 11 is 0. The van der Waals surface area contributed by atoms with Crippen LogP contribution in [0.4, 0.5) is 0 Å². The van der Waals surface area contributed by atoms with Crippen LogP contribution in [0.5, 0.6) is 11.5 Å². The van der Waals surface area contributed by atoms with Gasteiger partial charge < -0.3 is 20.1 Å². The topological polar surface area (TPSA) is 61.8 Å². The van der Waals surface area contributed by atoms with Crippen molar-refractivity contribution >= 4 is 5.91 Å². The maximum Gasteiger partial charge on any atom is 0.239 e. The summed E-state index contributed by atoms with van der Waals surface area (Å²) in [5.74, 6) is 0.945. The fourth-order valence-electron chi connectivity index (χ4n) is 1.99. The molecule has 2 N–H and O–H groups in total. The van der Waals surface area contributed by atoms with Crippen LogP contribution in [0.2, 0.25) is 0 Å². The summed E-state index contributed by atoms with van der Waals surface area (Å²) in [6.45, 7) is 7.57. The number of rotatable bonds is 7. The Morgan fingerprint density at radius 1 is 1.40 bits per heavy atom. The number of phenolic OH excluding ortho intramolecular Hbond substituents is 1. The van der Waals surface area contributed by atoms with Gasteiger partial charge in [-0.25, -0.2) is 0 Å². The van der Waals surface area contributed by atoms with Gasteiger partial charge in [-0.1, -0.05) is 0 Å². The number of phenols is 1. The van der Waals surface area contributed by atoms with Crippen molar-refractivity contribution in [2.45, 2.75) is 33.4 Å². The SMILES string of the molecule is CCN(CC)C(=O)C(C)NCc1cc(OC)ccc1O. The molecule has 1 atom stereocenters. The third kappa shape index (κ3) is 4.13. The summed E-state index contributed by atoms with van der Waals surface area (Å²) in [6.07, 6.45) is 0. The minimum atomic E-state index is -0.291. The van der Waals surface area contributed by atoms with Crippen molar-refractivity contribution in [3.63, 3.8) is 0 Å². The van der Waals surface area contributed by atoms with E-state index >= 15 is 0 Å². The Morgan fingerprint density at radius 2 is 2.05 bits per heavy atom. The maximum atomic E-state index is 12.1. The lowest BCUT2D eigenvalue weighted by Crippen LogP contribution is -2.44. The molecule has 5 heteroatoms. The van der Waals surface area contributed by atoms with Crippen molar-refractivity contribution in [2.75, 3.05) is 20.2 Å². The highest BCUT2D eigenvalue weighted by molar-refractivity contribution is 5.81. The van der Waals surface area contributed by atoms with E-state index in [0.29, 0.717) is 30.9 Å². The van der Waals surface area contributed by atoms with Gasteiger partial charge in [-0.3, -0.25) is 4.79 Å². The zero-order valence-electron chi connectivity index (χ0n) is 12.6. The molecule has 0 aliphatic rings. The summed E-state index contributed by atoms with van der Waals surface area (Å²) in [4.78, 5) is 13.9. The predicted octanol–water partition coefficient (Wildman–Crippen LogP) is 1.75. The number of nitrogens with one attached hydrogen (secondary N) is 1. The number of carbonyl (C=O) groups excluding carboxylic acids is 1. The molecule has 0 spiro atoms. The van der Waals surface area contributed by atoms with Gasteiger partial charge in [-0.2, -0.15) is 0 Å². The molecule has 0 aliphatic carbocycles. The standard InChI is InChI=1S/C15H24N2O3/c1-5-17(6-2)15(19)11(3)16-10-12-9-13(20-4)7-8-14(12)18/h7-9,11,16,18H,5-6,10H2,1-4H3. The van der Waals surface area contributed by atoms with Crippen molar-refractivity contribution in [1.29, 1.82) is 0 Å². The highest BCUT2D eigenvalue weighted by Gasteiger charge is 2.17. The van der Waals surface area contributed by atoms with Gasteiger partial charge in [0.25, 0.3) is 0 Å². The molecular formula is C15H24N2O3. The molecule has 1 aromatic rings. The lowest BCUT2D eigenvalue weighted by atomic mass is 10.1. The van der Waals surface area contributed by atoms with E-state index in [0.717, 1.165) is 0 Å². The van der Waals surface area contributed by atoms with Crippen LogP contribution in [0, 0.1) is 0 Å². The normalized spacial score (nSPS) is 12.0. The van der Waals surface area contributed by atoms with Gasteiger partial charge in [0.2, 0.25) is 5.91 Å². The lowest BCUT2D eigenvalue weighted by Gasteiger charge is -2.23. The second-order valence-electron chi connectivity index (χ2n) is 4.61. The Balaban J connectivity index is 2.64. The fraction of sp³-hybridized carbons (Fsp3) is 0.533. The van der Waals surface area contributed by atoms with Gasteiger partial charge in [0.05, 0.1) is 13.2 Å². The van der Waals surface area contributed by atoms with Crippen LogP contribution in [0.3, 0.4) is 0 Å². The quantitative estimate of drug-likeness (QED) is 0.799. The number of likely N-dealkylation sites (N-methyl/N-ethyl adjacent to an activating group) is 1. The number of ether oxygens (including phenoxy) is 1. The lowest BCUT2D eigenvalue weighted by molar-refractivity contribution is -0.132. The third-order valence-corrected chi connectivity index (χ3v) is 3.33. The van der Waals surface area contributed by atoms with Crippen LogP contribution in [0.1, 0.15) is 26.3 Å². The monoisotopic (exact) mass is 280 g/mol. The Labute approximate surface area is 120 Å². The fourth-order valence-corrected chi connectivity index (χ4v) is 1.99. The minimum absolute atomic E-state index is 0.0670. The van der Waals surface area contributed by atoms with Crippen molar-refractivity contribution < 1.29 is 14.6 Å². The second kappa shape index (κ2) is 7.75. The van der Waals surface area contributed by atoms with Gasteiger partial charge >= 0.3 is 0 Å². The van der Waals surface area contributed by atoms with Crippen LogP contribution in [0.15, 0.2) is 18.2 Å². The number of hydrogen-bond donors (Lipinski definition) is 2. The molecule has 112 valence electrons. The van der Waals surface area contributed by atoms with Crippen LogP contribution >= 0.6 is 0 Å². The van der Waals surface area contributed by atoms with Crippen LogP contribution in [-0.2, 0) is 11.3 Å². The first-order valence-corrected chi connectivity index (χ1v) is 6.91. The molecule has 0 radical (unpaired) electrons. The number of benzene rings is 1. The van der Waals surface area contributed by atoms with Crippen molar-refractivity contribution in [3.8, 4) is 11.5 Å². The summed E-state index contributed by atoms with van der Waals surface area (Å²) in [6, 6.07) is 4.76. The third-order valence-electron chi connectivity index (χ3n) is 3.33. The van der Waals surface area contributed by atoms with Gasteiger partial charge in [-0.15, -0.1) is 0 Å². The maximum absolute atomic E-state index is 12.1. The van der Waals surface area contributed by atoms with E-state index in [1.165, 1.54) is 0 Å². The molecule has 0 fully saturated rings. The van der Waals surface area contributed by atoms with E-state index in [-0.39, 0.29) is 17.7 Å². The summed E-state index contributed by atoms with van der Waals surface area (Å²) in [5, 5.41) is 12.9. The van der Waals surface area contributed by atoms with E-state index in [9.17, 15) is 9.90 Å². The number of carbonyl (C=O) groups is 1. The summed E-state index contributed by atoms with van der Waals surface area (Å²) in [5.41, 5.74) is 0.712. The average molecular weight is 280 g/mol. The molecule has 0 heterocycles. The molecule has 0 aliphatic heterocycles. The van der Waals surface area contributed by atoms with Crippen LogP contribution in [-0.4, -0.2) is 42.2 Å². The molecule has 20 heavy (non-hydrogen) atoms. The first kappa shape index (κ1) is 16.3. The van der Waals surface area contributed by atoms with E-state index in [1.54, 1.807) is 30.2 Å². The molecule has 0 saturated heterocycles. The number of hydrogen-bond acceptors (Lipinski definition) is 4. The zero-order valence-corrected chi connectivity index (χ0v) is 12.6. The van der Waals surface area contributed by atoms with Crippen LogP contribution < -0.4 is 10.1 Å². The minimum Gasteiger partial charge on any atom is -0.508 e. The second-order valence-corrected chi connectivity index (χ2v) is 4.61. The van der Waals surface area contributed by atoms with Gasteiger partial charge in [-0.05, 0) is 39.0 Å². The summed E-state index contributed by atoms with van der Waals surface area (Å²) < 4.78 is 5.12. The van der Waals surface area contributed by atoms with Crippen molar-refractivity contribution in [1.82, 2.24) is 10.2 Å². The molecule has 1 rings (SSSR count). The Morgan fingerprint density at radius 3 is 2.60 bits per heavy atom.